The fourth-order valence-electron chi connectivity index (χ4n) is 6.48. The first-order chi connectivity index (χ1) is 14.2. The summed E-state index contributed by atoms with van der Waals surface area (Å²) in [5.41, 5.74) is -4.51. The Morgan fingerprint density at radius 2 is 1.84 bits per heavy atom. The highest BCUT2D eigenvalue weighted by Crippen LogP contribution is 2.69. The number of ether oxygens (including phenoxy) is 1. The van der Waals surface area contributed by atoms with Gasteiger partial charge >= 0.3 is 5.97 Å². The number of phenolic OH excluding ortho intramolecular Hbond substituents is 2. The van der Waals surface area contributed by atoms with E-state index >= 15 is 0 Å². The fourth-order valence-corrected chi connectivity index (χ4v) is 6.48. The normalized spacial score (nSPS) is 40.4. The van der Waals surface area contributed by atoms with E-state index in [1.807, 2.05) is 13.8 Å². The first kappa shape index (κ1) is 22.1. The van der Waals surface area contributed by atoms with Crippen LogP contribution in [0.25, 0.3) is 0 Å². The average Bonchev–Trinajstić information content (AvgIpc) is 2.81. The van der Waals surface area contributed by atoms with Gasteiger partial charge in [0.15, 0.2) is 0 Å². The molecule has 0 spiro atoms. The number of aromatic hydroxyl groups is 2. The van der Waals surface area contributed by atoms with E-state index in [1.54, 1.807) is 6.92 Å². The van der Waals surface area contributed by atoms with Crippen LogP contribution >= 0.6 is 0 Å². The van der Waals surface area contributed by atoms with Crippen LogP contribution in [0, 0.1) is 23.7 Å². The number of benzene rings is 1. The lowest BCUT2D eigenvalue weighted by Gasteiger charge is -2.66. The monoisotopic (exact) mass is 434 g/mol. The van der Waals surface area contributed by atoms with Gasteiger partial charge in [0.1, 0.15) is 28.8 Å². The highest BCUT2D eigenvalue weighted by Gasteiger charge is 2.77. The smallest absolute Gasteiger partial charge is 0.342 e. The Bertz CT molecular complexity index is 961. The van der Waals surface area contributed by atoms with Gasteiger partial charge in [0.25, 0.3) is 0 Å². The predicted octanol–water partition coefficient (Wildman–Crippen LogP) is 1.14. The molecule has 2 saturated carbocycles. The van der Waals surface area contributed by atoms with Crippen molar-refractivity contribution in [3.05, 3.63) is 34.9 Å². The molecular formula is C23H30O8. The van der Waals surface area contributed by atoms with Gasteiger partial charge in [0.2, 0.25) is 0 Å². The minimum atomic E-state index is -1.78. The maximum absolute atomic E-state index is 12.8. The average molecular weight is 434 g/mol. The van der Waals surface area contributed by atoms with Crippen molar-refractivity contribution in [3.63, 3.8) is 0 Å². The third-order valence-electron chi connectivity index (χ3n) is 7.86. The van der Waals surface area contributed by atoms with Gasteiger partial charge in [-0.1, -0.05) is 20.8 Å². The highest BCUT2D eigenvalue weighted by molar-refractivity contribution is 5.94. The van der Waals surface area contributed by atoms with Crippen molar-refractivity contribution in [2.24, 2.45) is 16.7 Å². The largest absolute Gasteiger partial charge is 0.508 e. The molecule has 3 aliphatic rings. The first-order valence-corrected chi connectivity index (χ1v) is 10.4. The molecule has 3 aliphatic carbocycles. The van der Waals surface area contributed by atoms with Crippen molar-refractivity contribution < 1.29 is 40.2 Å². The molecular weight excluding hydrogens is 404 g/mol. The minimum Gasteiger partial charge on any atom is -0.508 e. The third-order valence-corrected chi connectivity index (χ3v) is 7.86. The second-order valence-electron chi connectivity index (χ2n) is 10.3. The van der Waals surface area contributed by atoms with Gasteiger partial charge < -0.3 is 35.4 Å². The zero-order valence-corrected chi connectivity index (χ0v) is 18.1. The van der Waals surface area contributed by atoms with E-state index in [2.05, 4.69) is 0 Å². The van der Waals surface area contributed by atoms with Crippen LogP contribution in [0.1, 0.15) is 49.5 Å². The van der Waals surface area contributed by atoms with Gasteiger partial charge in [-0.3, -0.25) is 0 Å². The predicted molar refractivity (Wildman–Crippen MR) is 109 cm³/mol. The number of hydrogen-bond acceptors (Lipinski definition) is 8. The van der Waals surface area contributed by atoms with Crippen LogP contribution < -0.4 is 0 Å². The van der Waals surface area contributed by atoms with Crippen LogP contribution in [0.5, 0.6) is 11.5 Å². The number of hydrogen-bond donors (Lipinski definition) is 6. The van der Waals surface area contributed by atoms with Crippen molar-refractivity contribution in [1.29, 1.82) is 0 Å². The molecule has 0 aliphatic heterocycles. The molecule has 6 N–H and O–H groups in total. The SMILES string of the molecule is Cc1cc(O)cc(O)c1C(=O)OC1CC2(C)C3C(O)C(C)(C)CC3(O)C=C(CO)C12O. The number of aryl methyl sites for hydroxylation is 1. The van der Waals surface area contributed by atoms with Crippen LogP contribution in [0.4, 0.5) is 0 Å². The van der Waals surface area contributed by atoms with E-state index in [1.165, 1.54) is 19.1 Å². The topological polar surface area (TPSA) is 148 Å². The zero-order chi connectivity index (χ0) is 23.1. The van der Waals surface area contributed by atoms with Crippen molar-refractivity contribution >= 4 is 5.97 Å². The molecule has 0 bridgehead atoms. The Hall–Kier alpha value is -2.13. The first-order valence-electron chi connectivity index (χ1n) is 10.4. The number of carbonyl (C=O) groups excluding carboxylic acids is 1. The van der Waals surface area contributed by atoms with Crippen LogP contribution in [-0.4, -0.2) is 66.6 Å². The van der Waals surface area contributed by atoms with E-state index < -0.39 is 58.5 Å². The van der Waals surface area contributed by atoms with Gasteiger partial charge in [-0.15, -0.1) is 0 Å². The summed E-state index contributed by atoms with van der Waals surface area (Å²) in [6.45, 7) is 6.40. The van der Waals surface area contributed by atoms with E-state index in [-0.39, 0.29) is 29.7 Å². The summed E-state index contributed by atoms with van der Waals surface area (Å²) in [6.07, 6.45) is -0.112. The molecule has 1 aromatic rings. The maximum atomic E-state index is 12.8. The van der Waals surface area contributed by atoms with E-state index in [4.69, 9.17) is 4.74 Å². The summed E-state index contributed by atoms with van der Waals surface area (Å²) < 4.78 is 5.57. The Labute approximate surface area is 180 Å². The molecule has 2 fully saturated rings. The lowest BCUT2D eigenvalue weighted by molar-refractivity contribution is -0.276. The standard InChI is InChI=1S/C23H30O8/c1-11-5-13(25)6-14(26)16(11)19(28)31-15-8-21(4)17-18(27)20(2,3)10-22(17,29)7-12(9-24)23(15,21)30/h5-7,15,17-18,24-27,29-30H,8-10H2,1-4H3. The molecule has 8 heteroatoms. The fraction of sp³-hybridized carbons (Fsp3) is 0.609. The lowest BCUT2D eigenvalue weighted by atomic mass is 9.43. The number of carbonyl (C=O) groups is 1. The number of esters is 1. The number of aliphatic hydroxyl groups is 4. The van der Waals surface area contributed by atoms with Gasteiger partial charge in [-0.2, -0.15) is 0 Å². The van der Waals surface area contributed by atoms with Crippen LogP contribution in [0.2, 0.25) is 0 Å². The molecule has 1 aromatic carbocycles. The summed E-state index contributed by atoms with van der Waals surface area (Å²) >= 11 is 0. The molecule has 8 nitrogen and oxygen atoms in total. The molecule has 0 amide bonds. The number of fused-ring (bicyclic) bond motifs is 3. The molecule has 31 heavy (non-hydrogen) atoms. The van der Waals surface area contributed by atoms with Crippen molar-refractivity contribution in [2.75, 3.05) is 6.61 Å². The van der Waals surface area contributed by atoms with Gasteiger partial charge in [0, 0.05) is 17.4 Å². The molecule has 0 heterocycles. The van der Waals surface area contributed by atoms with Crippen LogP contribution in [0.15, 0.2) is 23.8 Å². The molecule has 170 valence electrons. The van der Waals surface area contributed by atoms with E-state index in [9.17, 15) is 35.4 Å². The minimum absolute atomic E-state index is 0.126. The van der Waals surface area contributed by atoms with Crippen molar-refractivity contribution in [1.82, 2.24) is 0 Å². The summed E-state index contributed by atoms with van der Waals surface area (Å²) in [5.74, 6) is -2.23. The summed E-state index contributed by atoms with van der Waals surface area (Å²) in [7, 11) is 0. The molecule has 0 radical (unpaired) electrons. The lowest BCUT2D eigenvalue weighted by Crippen LogP contribution is -2.76. The maximum Gasteiger partial charge on any atom is 0.342 e. The number of phenols is 2. The quantitative estimate of drug-likeness (QED) is 0.307. The summed E-state index contributed by atoms with van der Waals surface area (Å²) in [5, 5.41) is 63.7. The Balaban J connectivity index is 1.71. The molecule has 6 atom stereocenters. The van der Waals surface area contributed by atoms with Crippen molar-refractivity contribution in [3.8, 4) is 11.5 Å². The summed E-state index contributed by atoms with van der Waals surface area (Å²) in [4.78, 5) is 12.8. The van der Waals surface area contributed by atoms with Crippen LogP contribution in [0.3, 0.4) is 0 Å². The number of aliphatic hydroxyl groups excluding tert-OH is 2. The molecule has 0 saturated heterocycles. The molecule has 4 rings (SSSR count). The molecule has 6 unspecified atom stereocenters. The van der Waals surface area contributed by atoms with Gasteiger partial charge in [-0.05, 0) is 48.5 Å². The third kappa shape index (κ3) is 2.72. The Kier molecular flexibility index (Phi) is 4.59. The van der Waals surface area contributed by atoms with E-state index in [0.29, 0.717) is 5.56 Å². The number of rotatable bonds is 3. The zero-order valence-electron chi connectivity index (χ0n) is 18.1. The van der Waals surface area contributed by atoms with E-state index in [0.717, 1.165) is 6.07 Å². The van der Waals surface area contributed by atoms with Gasteiger partial charge in [-0.25, -0.2) is 4.79 Å². The summed E-state index contributed by atoms with van der Waals surface area (Å²) in [6, 6.07) is 2.34. The molecule has 0 aromatic heterocycles. The van der Waals surface area contributed by atoms with Crippen molar-refractivity contribution in [2.45, 2.75) is 63.9 Å². The van der Waals surface area contributed by atoms with Crippen LogP contribution in [-0.2, 0) is 4.74 Å². The second kappa shape index (κ2) is 6.45. The second-order valence-corrected chi connectivity index (χ2v) is 10.3. The Morgan fingerprint density at radius 1 is 1.19 bits per heavy atom. The highest BCUT2D eigenvalue weighted by atomic mass is 16.6. The Morgan fingerprint density at radius 3 is 2.42 bits per heavy atom. The van der Waals surface area contributed by atoms with Gasteiger partial charge in [0.05, 0.1) is 18.3 Å².